The summed E-state index contributed by atoms with van der Waals surface area (Å²) in [6.07, 6.45) is 4.82. The highest BCUT2D eigenvalue weighted by atomic mass is 79.9. The van der Waals surface area contributed by atoms with Gasteiger partial charge in [0.1, 0.15) is 29.8 Å². The van der Waals surface area contributed by atoms with Gasteiger partial charge in [0.05, 0.1) is 12.0 Å². The second-order valence-corrected chi connectivity index (χ2v) is 14.1. The fraction of sp³-hybridized carbons (Fsp3) is 0.459. The molecule has 48 heavy (non-hydrogen) atoms. The number of cyclic esters (lactones) is 1. The average Bonchev–Trinajstić information content (AvgIpc) is 3.66. The van der Waals surface area contributed by atoms with Crippen LogP contribution in [0.4, 0.5) is 5.69 Å². The van der Waals surface area contributed by atoms with E-state index in [1.54, 1.807) is 22.9 Å². The van der Waals surface area contributed by atoms with Gasteiger partial charge in [-0.1, -0.05) is 76.6 Å². The molecule has 5 bridgehead atoms. The Hall–Kier alpha value is -3.80. The van der Waals surface area contributed by atoms with E-state index >= 15 is 4.79 Å². The third kappa shape index (κ3) is 5.69. The predicted octanol–water partition coefficient (Wildman–Crippen LogP) is 4.37. The molecule has 11 heteroatoms. The molecule has 2 saturated heterocycles. The lowest BCUT2D eigenvalue weighted by Gasteiger charge is -2.36. The van der Waals surface area contributed by atoms with Gasteiger partial charge in [0, 0.05) is 43.3 Å². The van der Waals surface area contributed by atoms with Gasteiger partial charge in [-0.2, -0.15) is 0 Å². The maximum atomic E-state index is 15.0. The van der Waals surface area contributed by atoms with Crippen LogP contribution in [0, 0.1) is 25.7 Å². The van der Waals surface area contributed by atoms with E-state index in [-0.39, 0.29) is 44.4 Å². The second kappa shape index (κ2) is 13.6. The van der Waals surface area contributed by atoms with Crippen LogP contribution in [-0.2, 0) is 28.7 Å². The van der Waals surface area contributed by atoms with Crippen molar-refractivity contribution in [3.8, 4) is 0 Å². The first kappa shape index (κ1) is 34.1. The number of carbonyl (C=O) groups excluding carboxylic acids is 4. The zero-order valence-corrected chi connectivity index (χ0v) is 29.3. The molecular weight excluding hydrogens is 678 g/mol. The number of rotatable bonds is 5. The summed E-state index contributed by atoms with van der Waals surface area (Å²) in [6.45, 7) is 5.84. The Morgan fingerprint density at radius 3 is 2.35 bits per heavy atom. The summed E-state index contributed by atoms with van der Waals surface area (Å²) >= 11 is 3.61. The van der Waals surface area contributed by atoms with Crippen LogP contribution in [-0.4, -0.2) is 89.1 Å². The van der Waals surface area contributed by atoms with Crippen LogP contribution in [0.25, 0.3) is 0 Å². The minimum atomic E-state index is -1.44. The largest absolute Gasteiger partial charge is 0.455 e. The number of amides is 3. The molecule has 0 unspecified atom stereocenters. The Balaban J connectivity index is 1.50. The van der Waals surface area contributed by atoms with Crippen molar-refractivity contribution in [2.45, 2.75) is 69.9 Å². The lowest BCUT2D eigenvalue weighted by atomic mass is 9.74. The van der Waals surface area contributed by atoms with Gasteiger partial charge in [0.15, 0.2) is 0 Å². The summed E-state index contributed by atoms with van der Waals surface area (Å²) in [4.78, 5) is 62.1. The van der Waals surface area contributed by atoms with Gasteiger partial charge in [-0.25, -0.2) is 0 Å². The quantitative estimate of drug-likeness (QED) is 0.361. The van der Waals surface area contributed by atoms with Crippen molar-refractivity contribution in [2.24, 2.45) is 11.8 Å². The third-order valence-corrected chi connectivity index (χ3v) is 10.9. The summed E-state index contributed by atoms with van der Waals surface area (Å²) in [7, 11) is 1.70. The predicted molar refractivity (Wildman–Crippen MR) is 183 cm³/mol. The van der Waals surface area contributed by atoms with E-state index in [4.69, 9.17) is 9.47 Å². The van der Waals surface area contributed by atoms with Crippen molar-refractivity contribution < 1.29 is 33.8 Å². The Kier molecular flexibility index (Phi) is 9.66. The molecule has 1 N–H and O–H groups in total. The summed E-state index contributed by atoms with van der Waals surface area (Å²) < 4.78 is 13.5. The fourth-order valence-electron chi connectivity index (χ4n) is 7.82. The summed E-state index contributed by atoms with van der Waals surface area (Å²) in [5, 5.41) is 9.79. The van der Waals surface area contributed by atoms with Gasteiger partial charge in [0.2, 0.25) is 11.8 Å². The number of anilines is 1. The van der Waals surface area contributed by atoms with Crippen LogP contribution in [0.2, 0.25) is 0 Å². The highest BCUT2D eigenvalue weighted by Gasteiger charge is 2.75. The Morgan fingerprint density at radius 2 is 1.67 bits per heavy atom. The molecule has 0 aromatic heterocycles. The highest BCUT2D eigenvalue weighted by Crippen LogP contribution is 2.59. The van der Waals surface area contributed by atoms with Crippen LogP contribution in [0.15, 0.2) is 71.2 Å². The van der Waals surface area contributed by atoms with Gasteiger partial charge in [0.25, 0.3) is 5.91 Å². The van der Waals surface area contributed by atoms with Crippen LogP contribution in [0.5, 0.6) is 0 Å². The first-order valence-corrected chi connectivity index (χ1v) is 17.3. The van der Waals surface area contributed by atoms with Crippen LogP contribution in [0.3, 0.4) is 0 Å². The lowest BCUT2D eigenvalue weighted by molar-refractivity contribution is -0.164. The van der Waals surface area contributed by atoms with Crippen molar-refractivity contribution in [2.75, 3.05) is 31.6 Å². The van der Waals surface area contributed by atoms with E-state index in [0.29, 0.717) is 16.5 Å². The van der Waals surface area contributed by atoms with Crippen molar-refractivity contribution in [3.05, 3.63) is 87.9 Å². The van der Waals surface area contributed by atoms with Crippen molar-refractivity contribution >= 4 is 45.3 Å². The monoisotopic (exact) mass is 719 g/mol. The number of fused-ring (bicyclic) bond motifs is 2. The number of hydrogen-bond donors (Lipinski definition) is 1. The van der Waals surface area contributed by atoms with Crippen molar-refractivity contribution in [1.29, 1.82) is 0 Å². The molecule has 1 spiro atoms. The van der Waals surface area contributed by atoms with Crippen molar-refractivity contribution in [3.63, 3.8) is 0 Å². The molecule has 254 valence electrons. The minimum Gasteiger partial charge on any atom is -0.455 e. The van der Waals surface area contributed by atoms with E-state index in [1.807, 2.05) is 81.5 Å². The Labute approximate surface area is 289 Å². The molecule has 7 atom stereocenters. The molecule has 2 aromatic carbocycles. The third-order valence-electron chi connectivity index (χ3n) is 10.3. The van der Waals surface area contributed by atoms with Crippen LogP contribution >= 0.6 is 15.9 Å². The smallest absolute Gasteiger partial charge is 0.313 e. The first-order chi connectivity index (χ1) is 23.0. The maximum absolute atomic E-state index is 15.0. The van der Waals surface area contributed by atoms with Gasteiger partial charge in [-0.3, -0.25) is 19.2 Å². The maximum Gasteiger partial charge on any atom is 0.313 e. The number of aliphatic hydroxyl groups is 1. The molecule has 4 aliphatic rings. The Bertz CT molecular complexity index is 1640. The molecule has 10 nitrogen and oxygen atoms in total. The van der Waals surface area contributed by atoms with Gasteiger partial charge < -0.3 is 29.3 Å². The van der Waals surface area contributed by atoms with E-state index < -0.39 is 53.6 Å². The number of nitrogens with zero attached hydrogens (tertiary/aromatic N) is 3. The summed E-state index contributed by atoms with van der Waals surface area (Å²) in [5.74, 6) is -3.57. The number of esters is 1. The summed E-state index contributed by atoms with van der Waals surface area (Å²) in [5.41, 5.74) is 1.76. The number of likely N-dealkylation sites (tertiary alicyclic amines) is 1. The molecule has 6 rings (SSSR count). The fourth-order valence-corrected chi connectivity index (χ4v) is 8.56. The molecule has 4 heterocycles. The SMILES string of the molecule is Cc1cccc(C)c1N1C/C=C\CCC(=O)N(C)[C@H](C)[C@@H](c2ccccc2)OC(=O)[C@@H]2[C@H]3O[C@@]4(C=C3Br)[C@H](C1=O)N(CCCO)C(=O)[C@@H]24. The standard InChI is InChI=1S/C37H42BrN3O7/c1-22-13-11-14-23(2)30(22)40-18-10-6-9-17-27(43)39(4)24(3)31(25-15-7-5-8-16-25)47-36(46)28-29-34(44)41(19-12-20-42)33(35(40)45)37(29)21-26(38)32(28)48-37/h5-8,10-11,13-16,21,24,28-29,31-33,42H,9,12,17-20H2,1-4H3/b10-6-/t24-,28+,29-,31+,32+,33+,37-/m1/s1. The average molecular weight is 721 g/mol. The number of para-hydroxylation sites is 1. The molecule has 0 radical (unpaired) electrons. The molecule has 2 fully saturated rings. The molecular formula is C37H42BrN3O7. The molecule has 0 saturated carbocycles. The number of ether oxygens (including phenoxy) is 2. The van der Waals surface area contributed by atoms with E-state index in [2.05, 4.69) is 15.9 Å². The zero-order chi connectivity index (χ0) is 34.3. The van der Waals surface area contributed by atoms with Gasteiger partial charge >= 0.3 is 5.97 Å². The first-order valence-electron chi connectivity index (χ1n) is 16.5. The van der Waals surface area contributed by atoms with E-state index in [1.165, 1.54) is 4.90 Å². The van der Waals surface area contributed by atoms with Crippen molar-refractivity contribution in [1.82, 2.24) is 9.80 Å². The minimum absolute atomic E-state index is 0.109. The number of aliphatic hydroxyl groups excluding tert-OH is 1. The van der Waals surface area contributed by atoms with Gasteiger partial charge in [-0.05, 0) is 56.4 Å². The number of hydrogen-bond acceptors (Lipinski definition) is 7. The van der Waals surface area contributed by atoms with E-state index in [0.717, 1.165) is 16.8 Å². The second-order valence-electron chi connectivity index (χ2n) is 13.1. The number of carbonyl (C=O) groups is 4. The van der Waals surface area contributed by atoms with Crippen LogP contribution < -0.4 is 4.90 Å². The molecule has 2 aromatic rings. The van der Waals surface area contributed by atoms with Crippen LogP contribution in [0.1, 0.15) is 49.0 Å². The van der Waals surface area contributed by atoms with Gasteiger partial charge in [-0.15, -0.1) is 0 Å². The number of allylic oxidation sites excluding steroid dienone is 1. The highest BCUT2D eigenvalue weighted by molar-refractivity contribution is 9.11. The topological polar surface area (TPSA) is 117 Å². The Morgan fingerprint density at radius 1 is 0.958 bits per heavy atom. The number of aryl methyl sites for hydroxylation is 2. The molecule has 3 amide bonds. The molecule has 0 aliphatic carbocycles. The molecule has 4 aliphatic heterocycles. The zero-order valence-electron chi connectivity index (χ0n) is 27.7. The number of likely N-dealkylation sites (N-methyl/N-ethyl adjacent to an activating group) is 1. The summed E-state index contributed by atoms with van der Waals surface area (Å²) in [6, 6.07) is 13.4. The number of benzene rings is 2. The van der Waals surface area contributed by atoms with E-state index in [9.17, 15) is 19.5 Å². The normalized spacial score (nSPS) is 31.6. The number of halogens is 1. The lowest BCUT2D eigenvalue weighted by Crippen LogP contribution is -2.56.